The van der Waals surface area contributed by atoms with E-state index in [1.165, 1.54) is 16.3 Å². The van der Waals surface area contributed by atoms with E-state index < -0.39 is 0 Å². The number of thioether (sulfide) groups is 1. The van der Waals surface area contributed by atoms with Crippen molar-refractivity contribution in [3.8, 4) is 0 Å². The molecule has 0 bridgehead atoms. The highest BCUT2D eigenvalue weighted by Gasteiger charge is 2.34. The van der Waals surface area contributed by atoms with Crippen molar-refractivity contribution in [2.75, 3.05) is 6.61 Å². The second-order valence-corrected chi connectivity index (χ2v) is 5.33. The van der Waals surface area contributed by atoms with Gasteiger partial charge in [-0.1, -0.05) is 11.8 Å². The second kappa shape index (κ2) is 4.60. The first-order valence-electron chi connectivity index (χ1n) is 5.28. The van der Waals surface area contributed by atoms with Crippen LogP contribution in [0.15, 0.2) is 9.95 Å². The third-order valence-electron chi connectivity index (χ3n) is 2.87. The van der Waals surface area contributed by atoms with E-state index in [1.54, 1.807) is 7.05 Å². The Balaban J connectivity index is 2.06. The van der Waals surface area contributed by atoms with Crippen LogP contribution in [-0.4, -0.2) is 37.8 Å². The molecular weight excluding hydrogens is 228 g/mol. The molecule has 2 atom stereocenters. The summed E-state index contributed by atoms with van der Waals surface area (Å²) in [4.78, 5) is 11.2. The van der Waals surface area contributed by atoms with E-state index in [-0.39, 0.29) is 23.6 Å². The van der Waals surface area contributed by atoms with Crippen LogP contribution in [0.3, 0.4) is 0 Å². The molecule has 4 N–H and O–H groups in total. The lowest BCUT2D eigenvalue weighted by atomic mass is 10.1. The molecule has 0 aliphatic heterocycles. The van der Waals surface area contributed by atoms with E-state index >= 15 is 0 Å². The van der Waals surface area contributed by atoms with Crippen molar-refractivity contribution >= 4 is 11.8 Å². The Labute approximate surface area is 97.2 Å². The van der Waals surface area contributed by atoms with Gasteiger partial charge in [0.05, 0.1) is 11.9 Å². The maximum Gasteiger partial charge on any atom is 0.343 e. The highest BCUT2D eigenvalue weighted by atomic mass is 32.2. The molecule has 1 fully saturated rings. The number of aromatic nitrogens is 3. The number of nitrogens with one attached hydrogen (secondary N) is 1. The normalized spacial score (nSPS) is 19.7. The molecule has 1 aromatic rings. The predicted molar refractivity (Wildman–Crippen MR) is 61.3 cm³/mol. The maximum atomic E-state index is 11.2. The summed E-state index contributed by atoms with van der Waals surface area (Å²) in [5.41, 5.74) is 5.78. The van der Waals surface area contributed by atoms with Crippen LogP contribution in [0.2, 0.25) is 0 Å². The molecule has 90 valence electrons. The quantitative estimate of drug-likeness (QED) is 0.595. The summed E-state index contributed by atoms with van der Waals surface area (Å²) < 4.78 is 1.42. The molecule has 1 saturated carbocycles. The fraction of sp³-hybridized carbons (Fsp3) is 0.778. The Kier molecular flexibility index (Phi) is 3.36. The largest absolute Gasteiger partial charge is 0.395 e. The average Bonchev–Trinajstić information content (AvgIpc) is 3.07. The van der Waals surface area contributed by atoms with E-state index in [2.05, 4.69) is 10.2 Å². The van der Waals surface area contributed by atoms with Gasteiger partial charge in [0, 0.05) is 13.1 Å². The van der Waals surface area contributed by atoms with Crippen molar-refractivity contribution in [1.82, 2.24) is 14.8 Å². The van der Waals surface area contributed by atoms with Gasteiger partial charge in [-0.15, -0.1) is 5.10 Å². The Morgan fingerprint density at radius 3 is 2.88 bits per heavy atom. The molecule has 0 amide bonds. The summed E-state index contributed by atoms with van der Waals surface area (Å²) in [5.74, 6) is 0.514. The minimum absolute atomic E-state index is 0.00336. The fourth-order valence-corrected chi connectivity index (χ4v) is 2.66. The van der Waals surface area contributed by atoms with Gasteiger partial charge >= 0.3 is 5.69 Å². The lowest BCUT2D eigenvalue weighted by molar-refractivity contribution is 0.277. The number of nitrogens with two attached hydrogens (primary N) is 1. The number of hydrogen-bond donors (Lipinski definition) is 3. The van der Waals surface area contributed by atoms with Crippen LogP contribution >= 0.6 is 11.8 Å². The van der Waals surface area contributed by atoms with Gasteiger partial charge in [-0.25, -0.2) is 9.89 Å². The molecule has 1 aliphatic carbocycles. The molecule has 0 spiro atoms. The van der Waals surface area contributed by atoms with Gasteiger partial charge in [0.1, 0.15) is 0 Å². The number of rotatable bonds is 5. The molecule has 0 radical (unpaired) electrons. The van der Waals surface area contributed by atoms with E-state index in [4.69, 9.17) is 5.73 Å². The number of hydrogen-bond acceptors (Lipinski definition) is 5. The maximum absolute atomic E-state index is 11.2. The zero-order valence-electron chi connectivity index (χ0n) is 9.09. The van der Waals surface area contributed by atoms with E-state index in [9.17, 15) is 9.90 Å². The Morgan fingerprint density at radius 1 is 1.75 bits per heavy atom. The summed E-state index contributed by atoms with van der Waals surface area (Å²) in [6.07, 6.45) is 2.27. The van der Waals surface area contributed by atoms with Crippen molar-refractivity contribution in [2.45, 2.75) is 29.3 Å². The molecule has 0 saturated heterocycles. The third kappa shape index (κ3) is 2.31. The lowest BCUT2D eigenvalue weighted by Gasteiger charge is -2.20. The third-order valence-corrected chi connectivity index (χ3v) is 4.21. The van der Waals surface area contributed by atoms with Gasteiger partial charge in [-0.05, 0) is 18.8 Å². The summed E-state index contributed by atoms with van der Waals surface area (Å²) in [5, 5.41) is 16.0. The number of aromatic amines is 1. The zero-order chi connectivity index (χ0) is 11.7. The van der Waals surface area contributed by atoms with Crippen molar-refractivity contribution in [3.63, 3.8) is 0 Å². The molecule has 2 rings (SSSR count). The smallest absolute Gasteiger partial charge is 0.343 e. The number of H-pyrrole nitrogens is 1. The molecule has 16 heavy (non-hydrogen) atoms. The number of aliphatic hydroxyl groups is 1. The fourth-order valence-electron chi connectivity index (χ4n) is 1.60. The first-order valence-corrected chi connectivity index (χ1v) is 6.16. The van der Waals surface area contributed by atoms with Gasteiger partial charge in [0.15, 0.2) is 5.16 Å². The monoisotopic (exact) mass is 244 g/mol. The number of aliphatic hydroxyl groups excluding tert-OH is 1. The molecule has 1 aliphatic rings. The molecule has 2 unspecified atom stereocenters. The van der Waals surface area contributed by atoms with Gasteiger partial charge < -0.3 is 10.8 Å². The van der Waals surface area contributed by atoms with Gasteiger partial charge in [0.25, 0.3) is 0 Å². The van der Waals surface area contributed by atoms with Crippen LogP contribution < -0.4 is 11.4 Å². The summed E-state index contributed by atoms with van der Waals surface area (Å²) in [7, 11) is 1.64. The Bertz CT molecular complexity index is 412. The van der Waals surface area contributed by atoms with E-state index in [0.717, 1.165) is 12.8 Å². The number of nitrogens with zero attached hydrogens (tertiary/aromatic N) is 2. The SMILES string of the molecule is Cn1c(SC(CO)C(N)C2CC2)n[nH]c1=O. The Hall–Kier alpha value is -0.790. The highest BCUT2D eigenvalue weighted by molar-refractivity contribution is 7.99. The first-order chi connectivity index (χ1) is 7.63. The van der Waals surface area contributed by atoms with Crippen LogP contribution in [-0.2, 0) is 7.05 Å². The Morgan fingerprint density at radius 2 is 2.44 bits per heavy atom. The van der Waals surface area contributed by atoms with E-state index in [0.29, 0.717) is 11.1 Å². The average molecular weight is 244 g/mol. The first kappa shape index (κ1) is 11.7. The van der Waals surface area contributed by atoms with Crippen LogP contribution in [0.25, 0.3) is 0 Å². The minimum atomic E-state index is -0.251. The van der Waals surface area contributed by atoms with Gasteiger partial charge in [-0.2, -0.15) is 0 Å². The van der Waals surface area contributed by atoms with Crippen molar-refractivity contribution in [2.24, 2.45) is 18.7 Å². The lowest BCUT2D eigenvalue weighted by Crippen LogP contribution is -2.37. The summed E-state index contributed by atoms with van der Waals surface area (Å²) >= 11 is 1.36. The summed E-state index contributed by atoms with van der Waals surface area (Å²) in [6, 6.07) is -0.0261. The second-order valence-electron chi connectivity index (χ2n) is 4.12. The van der Waals surface area contributed by atoms with E-state index in [1.807, 2.05) is 0 Å². The molecule has 6 nitrogen and oxygen atoms in total. The van der Waals surface area contributed by atoms with Crippen LogP contribution in [0.1, 0.15) is 12.8 Å². The predicted octanol–water partition coefficient (Wildman–Crippen LogP) is -0.701. The van der Waals surface area contributed by atoms with Crippen LogP contribution in [0.4, 0.5) is 0 Å². The topological polar surface area (TPSA) is 96.9 Å². The molecule has 0 aromatic carbocycles. The van der Waals surface area contributed by atoms with Gasteiger partial charge in [0.2, 0.25) is 0 Å². The minimum Gasteiger partial charge on any atom is -0.395 e. The van der Waals surface area contributed by atoms with Crippen LogP contribution in [0, 0.1) is 5.92 Å². The molecule has 7 heteroatoms. The molecule has 1 heterocycles. The van der Waals surface area contributed by atoms with Crippen LogP contribution in [0.5, 0.6) is 0 Å². The van der Waals surface area contributed by atoms with Crippen molar-refractivity contribution in [3.05, 3.63) is 10.5 Å². The van der Waals surface area contributed by atoms with Gasteiger partial charge in [-0.3, -0.25) is 4.57 Å². The standard InChI is InChI=1S/C9H16N4O2S/c1-13-8(15)11-12-9(13)16-6(4-14)7(10)5-2-3-5/h5-7,14H,2-4,10H2,1H3,(H,11,15). The zero-order valence-corrected chi connectivity index (χ0v) is 9.91. The molecular formula is C9H16N4O2S. The summed E-state index contributed by atoms with van der Waals surface area (Å²) in [6.45, 7) is 0.00336. The van der Waals surface area contributed by atoms with Crippen molar-refractivity contribution in [1.29, 1.82) is 0 Å². The molecule has 1 aromatic heterocycles. The van der Waals surface area contributed by atoms with Crippen molar-refractivity contribution < 1.29 is 5.11 Å². The highest BCUT2D eigenvalue weighted by Crippen LogP contribution is 2.36.